The molecule has 2 rings (SSSR count). The predicted molar refractivity (Wildman–Crippen MR) is 103 cm³/mol. The number of benzene rings is 1. The summed E-state index contributed by atoms with van der Waals surface area (Å²) >= 11 is 0. The van der Waals surface area contributed by atoms with Gasteiger partial charge < -0.3 is 28.8 Å². The summed E-state index contributed by atoms with van der Waals surface area (Å²) in [5.74, 6) is 2.31. The van der Waals surface area contributed by atoms with Gasteiger partial charge >= 0.3 is 0 Å². The first kappa shape index (κ1) is 20.1. The Morgan fingerprint density at radius 2 is 1.81 bits per heavy atom. The molecule has 8 nitrogen and oxygen atoms in total. The van der Waals surface area contributed by atoms with Crippen LogP contribution in [0.5, 0.6) is 17.2 Å². The van der Waals surface area contributed by atoms with Crippen LogP contribution in [0, 0.1) is 11.3 Å². The van der Waals surface area contributed by atoms with Crippen LogP contribution < -0.4 is 19.5 Å². The van der Waals surface area contributed by atoms with E-state index in [-0.39, 0.29) is 5.69 Å². The number of hydrogen-bond donors (Lipinski definition) is 1. The summed E-state index contributed by atoms with van der Waals surface area (Å²) in [5.41, 5.74) is 1.03. The molecule has 27 heavy (non-hydrogen) atoms. The van der Waals surface area contributed by atoms with E-state index in [0.717, 1.165) is 12.1 Å². The molecule has 0 atom stereocenters. The fraction of sp³-hybridized carbons (Fsp3) is 0.368. The third-order valence-electron chi connectivity index (χ3n) is 3.70. The number of anilines is 1. The summed E-state index contributed by atoms with van der Waals surface area (Å²) in [6.45, 7) is 1.45. The van der Waals surface area contributed by atoms with Crippen molar-refractivity contribution in [2.75, 3.05) is 53.8 Å². The Morgan fingerprint density at radius 1 is 1.15 bits per heavy atom. The molecule has 1 aromatic heterocycles. The molecule has 0 radical (unpaired) electrons. The number of rotatable bonds is 9. The standard InChI is InChI=1S/C19H24N4O4/c1-23(2)9-8-21-19-14(12-20)22-17(27-19)7-6-13-10-15(24-3)18(26-5)16(11-13)25-4/h6-7,10-11,21H,8-9H2,1-5H3/b7-6+. The van der Waals surface area contributed by atoms with E-state index in [4.69, 9.17) is 18.6 Å². The molecule has 1 aromatic carbocycles. The van der Waals surface area contributed by atoms with Crippen LogP contribution in [0.25, 0.3) is 12.2 Å². The summed E-state index contributed by atoms with van der Waals surface area (Å²) < 4.78 is 21.6. The molecule has 0 saturated carbocycles. The first-order valence-electron chi connectivity index (χ1n) is 8.30. The molecule has 0 amide bonds. The number of nitrogens with one attached hydrogen (secondary N) is 1. The van der Waals surface area contributed by atoms with Gasteiger partial charge in [0.1, 0.15) is 6.07 Å². The van der Waals surface area contributed by atoms with Gasteiger partial charge in [-0.1, -0.05) is 0 Å². The van der Waals surface area contributed by atoms with Gasteiger partial charge in [0.05, 0.1) is 21.3 Å². The molecule has 1 heterocycles. The smallest absolute Gasteiger partial charge is 0.232 e. The van der Waals surface area contributed by atoms with Crippen molar-refractivity contribution >= 4 is 18.0 Å². The average Bonchev–Trinajstić information content (AvgIpc) is 3.07. The van der Waals surface area contributed by atoms with Gasteiger partial charge in [0.15, 0.2) is 11.5 Å². The number of oxazole rings is 1. The fourth-order valence-corrected chi connectivity index (χ4v) is 2.36. The maximum atomic E-state index is 9.23. The van der Waals surface area contributed by atoms with Gasteiger partial charge in [0.25, 0.3) is 0 Å². The molecule has 8 heteroatoms. The minimum absolute atomic E-state index is 0.221. The van der Waals surface area contributed by atoms with Gasteiger partial charge in [-0.05, 0) is 37.9 Å². The van der Waals surface area contributed by atoms with Crippen molar-refractivity contribution in [3.8, 4) is 23.3 Å². The minimum atomic E-state index is 0.221. The van der Waals surface area contributed by atoms with E-state index in [1.807, 2.05) is 37.2 Å². The Hall–Kier alpha value is -3.18. The zero-order chi connectivity index (χ0) is 19.8. The lowest BCUT2D eigenvalue weighted by atomic mass is 10.1. The maximum Gasteiger partial charge on any atom is 0.232 e. The number of nitrogens with zero attached hydrogens (tertiary/aromatic N) is 3. The van der Waals surface area contributed by atoms with E-state index in [0.29, 0.717) is 35.6 Å². The molecule has 1 N–H and O–H groups in total. The van der Waals surface area contributed by atoms with Crippen molar-refractivity contribution in [2.24, 2.45) is 0 Å². The zero-order valence-corrected chi connectivity index (χ0v) is 16.2. The van der Waals surface area contributed by atoms with E-state index in [2.05, 4.69) is 10.3 Å². The minimum Gasteiger partial charge on any atom is -0.493 e. The normalized spacial score (nSPS) is 10.9. The number of aromatic nitrogens is 1. The quantitative estimate of drug-likeness (QED) is 0.718. The van der Waals surface area contributed by atoms with Gasteiger partial charge in [-0.2, -0.15) is 10.2 Å². The van der Waals surface area contributed by atoms with Crippen LogP contribution in [0.15, 0.2) is 16.5 Å². The molecule has 0 unspecified atom stereocenters. The van der Waals surface area contributed by atoms with Crippen LogP contribution in [0.3, 0.4) is 0 Å². The fourth-order valence-electron chi connectivity index (χ4n) is 2.36. The molecular weight excluding hydrogens is 348 g/mol. The Kier molecular flexibility index (Phi) is 7.08. The van der Waals surface area contributed by atoms with E-state index in [1.54, 1.807) is 33.5 Å². The first-order valence-corrected chi connectivity index (χ1v) is 8.30. The maximum absolute atomic E-state index is 9.23. The van der Waals surface area contributed by atoms with Crippen molar-refractivity contribution in [3.05, 3.63) is 29.3 Å². The molecule has 144 valence electrons. The monoisotopic (exact) mass is 372 g/mol. The molecule has 0 spiro atoms. The third kappa shape index (κ3) is 5.15. The Bertz CT molecular complexity index is 812. The van der Waals surface area contributed by atoms with Gasteiger partial charge in [0.2, 0.25) is 23.2 Å². The molecule has 0 bridgehead atoms. The predicted octanol–water partition coefficient (Wildman–Crippen LogP) is 2.72. The van der Waals surface area contributed by atoms with Crippen molar-refractivity contribution in [2.45, 2.75) is 0 Å². The van der Waals surface area contributed by atoms with Crippen molar-refractivity contribution < 1.29 is 18.6 Å². The van der Waals surface area contributed by atoms with E-state index in [9.17, 15) is 5.26 Å². The lowest BCUT2D eigenvalue weighted by Gasteiger charge is -2.12. The van der Waals surface area contributed by atoms with Crippen molar-refractivity contribution in [3.63, 3.8) is 0 Å². The summed E-state index contributed by atoms with van der Waals surface area (Å²) in [7, 11) is 8.61. The Balaban J connectivity index is 2.23. The largest absolute Gasteiger partial charge is 0.493 e. The van der Waals surface area contributed by atoms with Gasteiger partial charge in [0, 0.05) is 19.2 Å². The highest BCUT2D eigenvalue weighted by atomic mass is 16.5. The Labute approximate surface area is 159 Å². The van der Waals surface area contributed by atoms with Gasteiger partial charge in [-0.3, -0.25) is 0 Å². The lowest BCUT2D eigenvalue weighted by Crippen LogP contribution is -2.20. The summed E-state index contributed by atoms with van der Waals surface area (Å²) in [6, 6.07) is 5.65. The van der Waals surface area contributed by atoms with Crippen molar-refractivity contribution in [1.82, 2.24) is 9.88 Å². The number of hydrogen-bond acceptors (Lipinski definition) is 8. The van der Waals surface area contributed by atoms with Crippen LogP contribution in [0.4, 0.5) is 5.88 Å². The Morgan fingerprint density at radius 3 is 2.33 bits per heavy atom. The highest BCUT2D eigenvalue weighted by Gasteiger charge is 2.13. The average molecular weight is 372 g/mol. The number of likely N-dealkylation sites (N-methyl/N-ethyl adjacent to an activating group) is 1. The molecule has 0 aliphatic carbocycles. The lowest BCUT2D eigenvalue weighted by molar-refractivity contribution is 0.324. The topological polar surface area (TPSA) is 92.8 Å². The zero-order valence-electron chi connectivity index (χ0n) is 16.2. The second-order valence-corrected chi connectivity index (χ2v) is 5.86. The van der Waals surface area contributed by atoms with E-state index in [1.165, 1.54) is 0 Å². The highest BCUT2D eigenvalue weighted by molar-refractivity contribution is 5.71. The summed E-state index contributed by atoms with van der Waals surface area (Å²) in [4.78, 5) is 6.21. The number of nitriles is 1. The van der Waals surface area contributed by atoms with E-state index < -0.39 is 0 Å². The molecule has 0 aliphatic rings. The summed E-state index contributed by atoms with van der Waals surface area (Å²) in [6.07, 6.45) is 3.47. The molecule has 0 saturated heterocycles. The first-order chi connectivity index (χ1) is 13.0. The second kappa shape index (κ2) is 9.50. The van der Waals surface area contributed by atoms with Gasteiger partial charge in [-0.25, -0.2) is 0 Å². The molecular formula is C19H24N4O4. The molecule has 0 aliphatic heterocycles. The van der Waals surface area contributed by atoms with Crippen LogP contribution in [-0.2, 0) is 0 Å². The van der Waals surface area contributed by atoms with Crippen LogP contribution in [-0.4, -0.2) is 58.4 Å². The van der Waals surface area contributed by atoms with Crippen LogP contribution >= 0.6 is 0 Å². The van der Waals surface area contributed by atoms with E-state index >= 15 is 0 Å². The van der Waals surface area contributed by atoms with Crippen LogP contribution in [0.2, 0.25) is 0 Å². The third-order valence-corrected chi connectivity index (χ3v) is 3.70. The van der Waals surface area contributed by atoms with Crippen molar-refractivity contribution in [1.29, 1.82) is 5.26 Å². The van der Waals surface area contributed by atoms with Crippen LogP contribution in [0.1, 0.15) is 17.1 Å². The second-order valence-electron chi connectivity index (χ2n) is 5.86. The summed E-state index contributed by atoms with van der Waals surface area (Å²) in [5, 5.41) is 12.3. The molecule has 2 aromatic rings. The number of ether oxygens (including phenoxy) is 3. The highest BCUT2D eigenvalue weighted by Crippen LogP contribution is 2.38. The molecule has 0 fully saturated rings. The SMILES string of the molecule is COc1cc(/C=C/c2nc(C#N)c(NCCN(C)C)o2)cc(OC)c1OC. The van der Waals surface area contributed by atoms with Gasteiger partial charge in [-0.15, -0.1) is 0 Å². The number of methoxy groups -OCH3 is 3.